The number of nitrogens with zero attached hydrogens (tertiary/aromatic N) is 1. The summed E-state index contributed by atoms with van der Waals surface area (Å²) in [5.41, 5.74) is 6.15. The summed E-state index contributed by atoms with van der Waals surface area (Å²) in [5, 5.41) is 0. The molecule has 1 amide bonds. The molecule has 1 aromatic rings. The fourth-order valence-electron chi connectivity index (χ4n) is 2.01. The van der Waals surface area contributed by atoms with E-state index in [0.717, 1.165) is 5.69 Å². The highest BCUT2D eigenvalue weighted by Crippen LogP contribution is 2.20. The topological polar surface area (TPSA) is 64.8 Å². The zero-order valence-electron chi connectivity index (χ0n) is 12.5. The van der Waals surface area contributed by atoms with Crippen LogP contribution in [0.5, 0.6) is 0 Å². The van der Waals surface area contributed by atoms with Gasteiger partial charge in [0.05, 0.1) is 0 Å². The molecule has 0 radical (unpaired) electrons. The fourth-order valence-corrected chi connectivity index (χ4v) is 2.01. The molecule has 0 aliphatic rings. The van der Waals surface area contributed by atoms with Crippen LogP contribution >= 0.6 is 0 Å². The molecular formula is C15H24N2O3. The molecule has 0 saturated heterocycles. The molecule has 1 rings (SSSR count). The monoisotopic (exact) mass is 280 g/mol. The van der Waals surface area contributed by atoms with Gasteiger partial charge < -0.3 is 20.1 Å². The second-order valence-electron chi connectivity index (χ2n) is 4.84. The molecule has 20 heavy (non-hydrogen) atoms. The van der Waals surface area contributed by atoms with Crippen LogP contribution in [0.4, 0.5) is 5.69 Å². The molecule has 0 aliphatic heterocycles. The predicted octanol–water partition coefficient (Wildman–Crippen LogP) is 1.42. The smallest absolute Gasteiger partial charge is 0.246 e. The number of ether oxygens (including phenoxy) is 2. The van der Waals surface area contributed by atoms with E-state index in [-0.39, 0.29) is 5.91 Å². The summed E-state index contributed by atoms with van der Waals surface area (Å²) in [7, 11) is 4.93. The molecule has 0 unspecified atom stereocenters. The minimum absolute atomic E-state index is 0.127. The first-order valence-electron chi connectivity index (χ1n) is 6.65. The lowest BCUT2D eigenvalue weighted by molar-refractivity contribution is -0.124. The molecule has 0 spiro atoms. The first kappa shape index (κ1) is 16.6. The van der Waals surface area contributed by atoms with E-state index in [1.165, 1.54) is 0 Å². The molecule has 2 N–H and O–H groups in total. The van der Waals surface area contributed by atoms with Crippen LogP contribution in [0, 0.1) is 0 Å². The summed E-state index contributed by atoms with van der Waals surface area (Å²) in [6.07, 6.45) is 0.922. The van der Waals surface area contributed by atoms with Crippen molar-refractivity contribution in [3.8, 4) is 0 Å². The highest BCUT2D eigenvalue weighted by molar-refractivity contribution is 5.99. The maximum Gasteiger partial charge on any atom is 0.246 e. The maximum atomic E-state index is 12.7. The molecule has 5 nitrogen and oxygen atoms in total. The number of anilines is 1. The third-order valence-electron chi connectivity index (χ3n) is 3.38. The van der Waals surface area contributed by atoms with Crippen molar-refractivity contribution in [1.82, 2.24) is 0 Å². The number of likely N-dealkylation sites (N-methyl/N-ethyl adjacent to an activating group) is 1. The lowest BCUT2D eigenvalue weighted by Crippen LogP contribution is -2.55. The van der Waals surface area contributed by atoms with Crippen LogP contribution in [0.3, 0.4) is 0 Å². The summed E-state index contributed by atoms with van der Waals surface area (Å²) in [6, 6.07) is 9.45. The molecule has 112 valence electrons. The first-order valence-corrected chi connectivity index (χ1v) is 6.65. The number of carbonyl (C=O) groups excluding carboxylic acids is 1. The Balaban J connectivity index is 2.86. The standard InChI is InChI=1S/C15H24N2O3/c1-17(13-7-5-4-6-8-13)14(18)15(16,9-11-19-2)10-12-20-3/h4-8H,9-12,16H2,1-3H3. The molecule has 0 aromatic heterocycles. The largest absolute Gasteiger partial charge is 0.385 e. The van der Waals surface area contributed by atoms with Crippen LogP contribution < -0.4 is 10.6 Å². The Hall–Kier alpha value is -1.43. The number of rotatable bonds is 8. The summed E-state index contributed by atoms with van der Waals surface area (Å²) < 4.78 is 10.1. The van der Waals surface area contributed by atoms with Crippen LogP contribution in [0.15, 0.2) is 30.3 Å². The average Bonchev–Trinajstić information content (AvgIpc) is 2.50. The van der Waals surface area contributed by atoms with Gasteiger partial charge in [-0.25, -0.2) is 0 Å². The molecular weight excluding hydrogens is 256 g/mol. The van der Waals surface area contributed by atoms with Gasteiger partial charge in [0, 0.05) is 40.2 Å². The number of para-hydroxylation sites is 1. The minimum Gasteiger partial charge on any atom is -0.385 e. The Morgan fingerprint density at radius 1 is 1.15 bits per heavy atom. The van der Waals surface area contributed by atoms with Gasteiger partial charge in [-0.1, -0.05) is 18.2 Å². The molecule has 0 aliphatic carbocycles. The van der Waals surface area contributed by atoms with Crippen LogP contribution in [0.1, 0.15) is 12.8 Å². The van der Waals surface area contributed by atoms with E-state index in [4.69, 9.17) is 15.2 Å². The summed E-state index contributed by atoms with van der Waals surface area (Å²) >= 11 is 0. The van der Waals surface area contributed by atoms with Gasteiger partial charge in [0.1, 0.15) is 5.54 Å². The Morgan fingerprint density at radius 2 is 1.65 bits per heavy atom. The average molecular weight is 280 g/mol. The Kier molecular flexibility index (Phi) is 6.64. The van der Waals surface area contributed by atoms with Crippen molar-refractivity contribution in [2.75, 3.05) is 39.4 Å². The molecule has 0 fully saturated rings. The van der Waals surface area contributed by atoms with E-state index in [9.17, 15) is 4.79 Å². The van der Waals surface area contributed by atoms with Crippen molar-refractivity contribution in [1.29, 1.82) is 0 Å². The second kappa shape index (κ2) is 7.99. The molecule has 1 aromatic carbocycles. The Morgan fingerprint density at radius 3 is 2.10 bits per heavy atom. The van der Waals surface area contributed by atoms with Crippen LogP contribution in [0.25, 0.3) is 0 Å². The van der Waals surface area contributed by atoms with Gasteiger partial charge in [-0.15, -0.1) is 0 Å². The van der Waals surface area contributed by atoms with Gasteiger partial charge in [-0.3, -0.25) is 4.79 Å². The normalized spacial score (nSPS) is 11.4. The molecule has 0 saturated carbocycles. The third-order valence-corrected chi connectivity index (χ3v) is 3.38. The van der Waals surface area contributed by atoms with E-state index in [1.54, 1.807) is 26.2 Å². The minimum atomic E-state index is -0.976. The van der Waals surface area contributed by atoms with Gasteiger partial charge in [-0.2, -0.15) is 0 Å². The predicted molar refractivity (Wildman–Crippen MR) is 79.8 cm³/mol. The highest BCUT2D eigenvalue weighted by atomic mass is 16.5. The zero-order chi connectivity index (χ0) is 15.0. The van der Waals surface area contributed by atoms with E-state index < -0.39 is 5.54 Å². The number of benzene rings is 1. The van der Waals surface area contributed by atoms with Crippen LogP contribution in [-0.2, 0) is 14.3 Å². The van der Waals surface area contributed by atoms with Crippen molar-refractivity contribution in [3.05, 3.63) is 30.3 Å². The van der Waals surface area contributed by atoms with Crippen LogP contribution in [-0.4, -0.2) is 45.9 Å². The van der Waals surface area contributed by atoms with Crippen molar-refractivity contribution in [3.63, 3.8) is 0 Å². The summed E-state index contributed by atoms with van der Waals surface area (Å²) in [6.45, 7) is 0.878. The van der Waals surface area contributed by atoms with Gasteiger partial charge in [-0.05, 0) is 25.0 Å². The molecule has 0 heterocycles. The van der Waals surface area contributed by atoms with Gasteiger partial charge in [0.2, 0.25) is 5.91 Å². The second-order valence-corrected chi connectivity index (χ2v) is 4.84. The molecule has 0 atom stereocenters. The quantitative estimate of drug-likeness (QED) is 0.782. The van der Waals surface area contributed by atoms with E-state index in [2.05, 4.69) is 0 Å². The number of methoxy groups -OCH3 is 2. The summed E-state index contributed by atoms with van der Waals surface area (Å²) in [4.78, 5) is 14.3. The first-order chi connectivity index (χ1) is 9.55. The van der Waals surface area contributed by atoms with Crippen LogP contribution in [0.2, 0.25) is 0 Å². The van der Waals surface area contributed by atoms with Gasteiger partial charge >= 0.3 is 0 Å². The number of hydrogen-bond acceptors (Lipinski definition) is 4. The van der Waals surface area contributed by atoms with E-state index in [1.807, 2.05) is 30.3 Å². The highest BCUT2D eigenvalue weighted by Gasteiger charge is 2.36. The van der Waals surface area contributed by atoms with Gasteiger partial charge in [0.15, 0.2) is 0 Å². The number of hydrogen-bond donors (Lipinski definition) is 1. The third kappa shape index (κ3) is 4.30. The number of amides is 1. The Labute approximate surface area is 120 Å². The molecule has 5 heteroatoms. The lowest BCUT2D eigenvalue weighted by Gasteiger charge is -2.32. The van der Waals surface area contributed by atoms with Gasteiger partial charge in [0.25, 0.3) is 0 Å². The van der Waals surface area contributed by atoms with Crippen molar-refractivity contribution < 1.29 is 14.3 Å². The van der Waals surface area contributed by atoms with E-state index in [0.29, 0.717) is 26.1 Å². The fraction of sp³-hybridized carbons (Fsp3) is 0.533. The number of carbonyl (C=O) groups is 1. The lowest BCUT2D eigenvalue weighted by atomic mass is 9.91. The number of nitrogens with two attached hydrogens (primary N) is 1. The Bertz CT molecular complexity index is 401. The van der Waals surface area contributed by atoms with Crippen molar-refractivity contribution in [2.45, 2.75) is 18.4 Å². The zero-order valence-corrected chi connectivity index (χ0v) is 12.5. The molecule has 0 bridgehead atoms. The van der Waals surface area contributed by atoms with Crippen molar-refractivity contribution >= 4 is 11.6 Å². The van der Waals surface area contributed by atoms with E-state index >= 15 is 0 Å². The summed E-state index contributed by atoms with van der Waals surface area (Å²) in [5.74, 6) is -0.127. The SMILES string of the molecule is COCCC(N)(CCOC)C(=O)N(C)c1ccccc1. The maximum absolute atomic E-state index is 12.7. The van der Waals surface area contributed by atoms with Crippen molar-refractivity contribution in [2.24, 2.45) is 5.73 Å².